The van der Waals surface area contributed by atoms with Crippen molar-refractivity contribution in [2.24, 2.45) is 11.1 Å². The van der Waals surface area contributed by atoms with Crippen LogP contribution < -0.4 is 5.73 Å². The van der Waals surface area contributed by atoms with E-state index in [0.717, 1.165) is 6.42 Å². The standard InChI is InChI=1S/C19H31N/c1-15(2)17(11-13-20)8-6-7-9-18-14-16(3)10-12-19(18,4)5/h10-11,13-14H,6-9,12,20H2,1-5H3/b13-11-. The van der Waals surface area contributed by atoms with Crippen molar-refractivity contribution < 1.29 is 0 Å². The number of hydrogen-bond donors (Lipinski definition) is 1. The van der Waals surface area contributed by atoms with E-state index < -0.39 is 0 Å². The summed E-state index contributed by atoms with van der Waals surface area (Å²) < 4.78 is 0. The molecule has 0 unspecified atom stereocenters. The Hall–Kier alpha value is -1.24. The molecule has 0 radical (unpaired) electrons. The molecule has 1 nitrogen and oxygen atoms in total. The average molecular weight is 273 g/mol. The van der Waals surface area contributed by atoms with Crippen LogP contribution in [0.2, 0.25) is 0 Å². The van der Waals surface area contributed by atoms with Gasteiger partial charge in [-0.15, -0.1) is 0 Å². The Morgan fingerprint density at radius 3 is 2.60 bits per heavy atom. The summed E-state index contributed by atoms with van der Waals surface area (Å²) in [5.74, 6) is 0. The van der Waals surface area contributed by atoms with Crippen LogP contribution in [-0.2, 0) is 0 Å². The molecule has 0 aliphatic heterocycles. The van der Waals surface area contributed by atoms with Gasteiger partial charge in [0.05, 0.1) is 0 Å². The highest BCUT2D eigenvalue weighted by Crippen LogP contribution is 2.38. The Balaban J connectivity index is 2.49. The van der Waals surface area contributed by atoms with Crippen LogP contribution in [0.5, 0.6) is 0 Å². The summed E-state index contributed by atoms with van der Waals surface area (Å²) in [6, 6.07) is 0. The van der Waals surface area contributed by atoms with Gasteiger partial charge in [0, 0.05) is 0 Å². The fourth-order valence-corrected chi connectivity index (χ4v) is 2.73. The SMILES string of the molecule is CC1=CCC(C)(C)C(CCCCC(/C=C\N)=C(C)C)=C1. The first-order chi connectivity index (χ1) is 9.36. The summed E-state index contributed by atoms with van der Waals surface area (Å²) in [6.07, 6.45) is 14.5. The Morgan fingerprint density at radius 1 is 1.30 bits per heavy atom. The van der Waals surface area contributed by atoms with E-state index in [0.29, 0.717) is 5.41 Å². The van der Waals surface area contributed by atoms with Crippen molar-refractivity contribution in [2.45, 2.75) is 66.7 Å². The number of rotatable bonds is 6. The van der Waals surface area contributed by atoms with Crippen LogP contribution in [0.25, 0.3) is 0 Å². The van der Waals surface area contributed by atoms with Crippen LogP contribution in [0.4, 0.5) is 0 Å². The lowest BCUT2D eigenvalue weighted by Crippen LogP contribution is -2.17. The normalized spacial score (nSPS) is 17.9. The topological polar surface area (TPSA) is 26.0 Å². The molecule has 20 heavy (non-hydrogen) atoms. The van der Waals surface area contributed by atoms with Gasteiger partial charge in [-0.2, -0.15) is 0 Å². The van der Waals surface area contributed by atoms with Gasteiger partial charge in [-0.1, -0.05) is 42.7 Å². The highest BCUT2D eigenvalue weighted by atomic mass is 14.5. The smallest absolute Gasteiger partial charge is 0.00596 e. The Bertz CT molecular complexity index is 440. The zero-order valence-electron chi connectivity index (χ0n) is 13.9. The van der Waals surface area contributed by atoms with Crippen LogP contribution in [0, 0.1) is 5.41 Å². The molecule has 0 heterocycles. The number of nitrogens with two attached hydrogens (primary N) is 1. The molecule has 1 heteroatoms. The van der Waals surface area contributed by atoms with Gasteiger partial charge in [-0.3, -0.25) is 0 Å². The molecule has 0 saturated heterocycles. The fraction of sp³-hybridized carbons (Fsp3) is 0.579. The van der Waals surface area contributed by atoms with Crippen LogP contribution in [0.15, 0.2) is 46.7 Å². The van der Waals surface area contributed by atoms with Crippen molar-refractivity contribution in [3.63, 3.8) is 0 Å². The highest BCUT2D eigenvalue weighted by molar-refractivity contribution is 5.31. The van der Waals surface area contributed by atoms with E-state index in [9.17, 15) is 0 Å². The molecule has 1 aliphatic rings. The van der Waals surface area contributed by atoms with E-state index in [1.807, 2.05) is 6.08 Å². The van der Waals surface area contributed by atoms with E-state index >= 15 is 0 Å². The Kier molecular flexibility index (Phi) is 6.32. The molecule has 0 aromatic rings. The first kappa shape index (κ1) is 16.8. The molecule has 0 fully saturated rings. The van der Waals surface area contributed by atoms with E-state index in [1.165, 1.54) is 42.4 Å². The summed E-state index contributed by atoms with van der Waals surface area (Å²) in [5.41, 5.74) is 11.7. The Labute approximate surface area is 125 Å². The van der Waals surface area contributed by atoms with Gasteiger partial charge in [0.25, 0.3) is 0 Å². The molecule has 0 saturated carbocycles. The van der Waals surface area contributed by atoms with Gasteiger partial charge in [0.15, 0.2) is 0 Å². The maximum Gasteiger partial charge on any atom is -0.00596 e. The molecule has 0 bridgehead atoms. The summed E-state index contributed by atoms with van der Waals surface area (Å²) >= 11 is 0. The maximum atomic E-state index is 5.51. The minimum Gasteiger partial charge on any atom is -0.405 e. The van der Waals surface area contributed by atoms with E-state index in [1.54, 1.807) is 11.8 Å². The van der Waals surface area contributed by atoms with Gasteiger partial charge in [-0.25, -0.2) is 0 Å². The lowest BCUT2D eigenvalue weighted by Gasteiger charge is -2.30. The van der Waals surface area contributed by atoms with Crippen LogP contribution >= 0.6 is 0 Å². The van der Waals surface area contributed by atoms with Gasteiger partial charge in [0.1, 0.15) is 0 Å². The molecule has 2 N–H and O–H groups in total. The zero-order chi connectivity index (χ0) is 15.2. The predicted molar refractivity (Wildman–Crippen MR) is 90.4 cm³/mol. The first-order valence-corrected chi connectivity index (χ1v) is 7.79. The lowest BCUT2D eigenvalue weighted by molar-refractivity contribution is 0.423. The first-order valence-electron chi connectivity index (χ1n) is 7.79. The summed E-state index contributed by atoms with van der Waals surface area (Å²) in [7, 11) is 0. The van der Waals surface area contributed by atoms with E-state index in [4.69, 9.17) is 5.73 Å². The summed E-state index contributed by atoms with van der Waals surface area (Å²) in [6.45, 7) is 11.3. The quantitative estimate of drug-likeness (QED) is 0.490. The predicted octanol–water partition coefficient (Wildman–Crippen LogP) is 5.66. The Morgan fingerprint density at radius 2 is 2.00 bits per heavy atom. The van der Waals surface area contributed by atoms with Crippen molar-refractivity contribution in [1.82, 2.24) is 0 Å². The fourth-order valence-electron chi connectivity index (χ4n) is 2.73. The molecular weight excluding hydrogens is 242 g/mol. The van der Waals surface area contributed by atoms with Crippen LogP contribution in [-0.4, -0.2) is 0 Å². The molecular formula is C19H31N. The van der Waals surface area contributed by atoms with Gasteiger partial charge in [0.2, 0.25) is 0 Å². The van der Waals surface area contributed by atoms with Crippen LogP contribution in [0.3, 0.4) is 0 Å². The third-order valence-electron chi connectivity index (χ3n) is 4.29. The lowest BCUT2D eigenvalue weighted by atomic mass is 9.75. The molecule has 0 atom stereocenters. The highest BCUT2D eigenvalue weighted by Gasteiger charge is 2.24. The second-order valence-electron chi connectivity index (χ2n) is 6.80. The third kappa shape index (κ3) is 5.03. The molecule has 112 valence electrons. The van der Waals surface area contributed by atoms with E-state index in [2.05, 4.69) is 46.8 Å². The second-order valence-corrected chi connectivity index (χ2v) is 6.80. The number of hydrogen-bond acceptors (Lipinski definition) is 1. The molecule has 0 amide bonds. The van der Waals surface area contributed by atoms with Crippen molar-refractivity contribution in [1.29, 1.82) is 0 Å². The largest absolute Gasteiger partial charge is 0.405 e. The maximum absolute atomic E-state index is 5.51. The summed E-state index contributed by atoms with van der Waals surface area (Å²) in [5, 5.41) is 0. The third-order valence-corrected chi connectivity index (χ3v) is 4.29. The molecule has 0 aromatic heterocycles. The van der Waals surface area contributed by atoms with Gasteiger partial charge in [-0.05, 0) is 76.1 Å². The van der Waals surface area contributed by atoms with Crippen molar-refractivity contribution >= 4 is 0 Å². The van der Waals surface area contributed by atoms with E-state index in [-0.39, 0.29) is 0 Å². The average Bonchev–Trinajstić information content (AvgIpc) is 2.37. The molecule has 1 aliphatic carbocycles. The zero-order valence-corrected chi connectivity index (χ0v) is 13.9. The molecule has 1 rings (SSSR count). The number of unbranched alkanes of at least 4 members (excludes halogenated alkanes) is 1. The molecule has 0 spiro atoms. The monoisotopic (exact) mass is 273 g/mol. The second kappa shape index (κ2) is 7.52. The minimum atomic E-state index is 0.343. The van der Waals surface area contributed by atoms with Crippen molar-refractivity contribution in [2.75, 3.05) is 0 Å². The van der Waals surface area contributed by atoms with Gasteiger partial charge >= 0.3 is 0 Å². The van der Waals surface area contributed by atoms with Crippen molar-refractivity contribution in [3.05, 3.63) is 46.7 Å². The molecule has 0 aromatic carbocycles. The number of allylic oxidation sites excluding steroid dienone is 7. The summed E-state index contributed by atoms with van der Waals surface area (Å²) in [4.78, 5) is 0. The van der Waals surface area contributed by atoms with Crippen LogP contribution in [0.1, 0.15) is 66.7 Å². The van der Waals surface area contributed by atoms with Gasteiger partial charge < -0.3 is 5.73 Å². The minimum absolute atomic E-state index is 0.343. The van der Waals surface area contributed by atoms with Crippen molar-refractivity contribution in [3.8, 4) is 0 Å².